The molecule has 3 rings (SSSR count). The number of amides is 2. The van der Waals surface area contributed by atoms with Crippen molar-refractivity contribution >= 4 is 28.8 Å². The van der Waals surface area contributed by atoms with Gasteiger partial charge in [-0.2, -0.15) is 4.98 Å². The smallest absolute Gasteiger partial charge is 0.258 e. The van der Waals surface area contributed by atoms with Crippen LogP contribution in [0.25, 0.3) is 11.0 Å². The maximum absolute atomic E-state index is 13.8. The molecule has 0 aliphatic rings. The highest BCUT2D eigenvalue weighted by molar-refractivity contribution is 6.07. The monoisotopic (exact) mass is 425 g/mol. The Morgan fingerprint density at radius 1 is 1.19 bits per heavy atom. The predicted molar refractivity (Wildman–Crippen MR) is 119 cm³/mol. The first-order valence-corrected chi connectivity index (χ1v) is 10.2. The second-order valence-electron chi connectivity index (χ2n) is 9.04. The molecule has 0 spiro atoms. The Morgan fingerprint density at radius 3 is 2.52 bits per heavy atom. The fraction of sp³-hybridized carbons (Fsp3) is 0.391. The quantitative estimate of drug-likeness (QED) is 0.639. The zero-order chi connectivity index (χ0) is 22.9. The minimum absolute atomic E-state index is 0.0798. The lowest BCUT2D eigenvalue weighted by Gasteiger charge is -2.22. The van der Waals surface area contributed by atoms with Gasteiger partial charge in [-0.25, -0.2) is 9.37 Å². The zero-order valence-corrected chi connectivity index (χ0v) is 18.7. The number of carbonyl (C=O) groups excluding carboxylic acids is 2. The van der Waals surface area contributed by atoms with Gasteiger partial charge in [0.1, 0.15) is 11.5 Å². The molecule has 0 saturated heterocycles. The van der Waals surface area contributed by atoms with Gasteiger partial charge in [0, 0.05) is 30.0 Å². The maximum atomic E-state index is 13.8. The lowest BCUT2D eigenvalue weighted by atomic mass is 10.1. The van der Waals surface area contributed by atoms with Crippen LogP contribution in [0.15, 0.2) is 30.6 Å². The molecule has 2 N–H and O–H groups in total. The van der Waals surface area contributed by atoms with E-state index in [4.69, 9.17) is 0 Å². The number of nitrogens with zero attached hydrogens (tertiary/aromatic N) is 3. The first-order chi connectivity index (χ1) is 14.5. The highest BCUT2D eigenvalue weighted by Gasteiger charge is 2.23. The Bertz CT molecular complexity index is 1140. The van der Waals surface area contributed by atoms with Crippen LogP contribution in [-0.2, 0) is 5.54 Å². The molecule has 1 aromatic carbocycles. The van der Waals surface area contributed by atoms with E-state index in [0.717, 1.165) is 0 Å². The van der Waals surface area contributed by atoms with Gasteiger partial charge in [0.05, 0.1) is 10.9 Å². The number of aromatic nitrogens is 3. The molecule has 0 saturated carbocycles. The van der Waals surface area contributed by atoms with E-state index < -0.39 is 11.7 Å². The molecule has 7 nitrogen and oxygen atoms in total. The third-order valence-electron chi connectivity index (χ3n) is 4.84. The number of rotatable bonds is 5. The van der Waals surface area contributed by atoms with E-state index in [1.54, 1.807) is 25.3 Å². The van der Waals surface area contributed by atoms with Gasteiger partial charge in [-0.05, 0) is 51.3 Å². The average Bonchev–Trinajstić information content (AvgIpc) is 3.07. The number of halogens is 1. The molecule has 8 heteroatoms. The second kappa shape index (κ2) is 8.45. The molecular formula is C23H28FN5O2. The van der Waals surface area contributed by atoms with E-state index in [-0.39, 0.29) is 23.0 Å². The summed E-state index contributed by atoms with van der Waals surface area (Å²) in [6.07, 6.45) is 3.29. The molecule has 164 valence electrons. The van der Waals surface area contributed by atoms with Gasteiger partial charge in [0.25, 0.3) is 11.8 Å². The van der Waals surface area contributed by atoms with Crippen LogP contribution < -0.4 is 10.6 Å². The molecule has 0 radical (unpaired) electrons. The normalized spacial score (nSPS) is 11.7. The summed E-state index contributed by atoms with van der Waals surface area (Å²) in [5.41, 5.74) is 1.28. The SMILES string of the molecule is Cc1ccc(C(=O)Nc2ncc3c(C(=O)NCC(C)C)cn(C(C)(C)C)c3n2)cc1F. The number of anilines is 1. The Labute approximate surface area is 181 Å². The van der Waals surface area contributed by atoms with Gasteiger partial charge < -0.3 is 9.88 Å². The van der Waals surface area contributed by atoms with Crippen molar-refractivity contribution < 1.29 is 14.0 Å². The molecule has 31 heavy (non-hydrogen) atoms. The largest absolute Gasteiger partial charge is 0.352 e. The van der Waals surface area contributed by atoms with Crippen molar-refractivity contribution in [1.29, 1.82) is 0 Å². The van der Waals surface area contributed by atoms with Gasteiger partial charge in [-0.1, -0.05) is 19.9 Å². The minimum atomic E-state index is -0.512. The lowest BCUT2D eigenvalue weighted by Crippen LogP contribution is -2.27. The minimum Gasteiger partial charge on any atom is -0.352 e. The average molecular weight is 426 g/mol. The van der Waals surface area contributed by atoms with Gasteiger partial charge in [-0.15, -0.1) is 0 Å². The molecule has 3 aromatic rings. The Morgan fingerprint density at radius 2 is 1.90 bits per heavy atom. The number of carbonyl (C=O) groups is 2. The molecular weight excluding hydrogens is 397 g/mol. The molecule has 0 unspecified atom stereocenters. The molecule has 2 heterocycles. The number of aryl methyl sites for hydroxylation is 1. The Balaban J connectivity index is 1.97. The maximum Gasteiger partial charge on any atom is 0.258 e. The number of hydrogen-bond donors (Lipinski definition) is 2. The van der Waals surface area contributed by atoms with Crippen molar-refractivity contribution in [3.63, 3.8) is 0 Å². The van der Waals surface area contributed by atoms with E-state index >= 15 is 0 Å². The molecule has 0 aliphatic heterocycles. The summed E-state index contributed by atoms with van der Waals surface area (Å²) >= 11 is 0. The van der Waals surface area contributed by atoms with Crippen LogP contribution in [0.5, 0.6) is 0 Å². The number of hydrogen-bond acceptors (Lipinski definition) is 4. The molecule has 0 atom stereocenters. The lowest BCUT2D eigenvalue weighted by molar-refractivity contribution is 0.0949. The van der Waals surface area contributed by atoms with Crippen LogP contribution in [0.4, 0.5) is 10.3 Å². The molecule has 0 aliphatic carbocycles. The van der Waals surface area contributed by atoms with Crippen LogP contribution >= 0.6 is 0 Å². The number of fused-ring (bicyclic) bond motifs is 1. The van der Waals surface area contributed by atoms with Crippen LogP contribution in [0, 0.1) is 18.7 Å². The third kappa shape index (κ3) is 4.90. The van der Waals surface area contributed by atoms with Gasteiger partial charge in [0.2, 0.25) is 5.95 Å². The highest BCUT2D eigenvalue weighted by atomic mass is 19.1. The van der Waals surface area contributed by atoms with Crippen molar-refractivity contribution in [3.8, 4) is 0 Å². The van der Waals surface area contributed by atoms with E-state index in [1.807, 2.05) is 39.2 Å². The van der Waals surface area contributed by atoms with Crippen LogP contribution in [-0.4, -0.2) is 32.9 Å². The second-order valence-corrected chi connectivity index (χ2v) is 9.04. The molecule has 0 fully saturated rings. The molecule has 2 aromatic heterocycles. The van der Waals surface area contributed by atoms with Crippen LogP contribution in [0.1, 0.15) is 60.9 Å². The van der Waals surface area contributed by atoms with Crippen molar-refractivity contribution in [2.45, 2.75) is 47.1 Å². The number of benzene rings is 1. The third-order valence-corrected chi connectivity index (χ3v) is 4.84. The first-order valence-electron chi connectivity index (χ1n) is 10.2. The van der Waals surface area contributed by atoms with Gasteiger partial charge >= 0.3 is 0 Å². The summed E-state index contributed by atoms with van der Waals surface area (Å²) < 4.78 is 15.7. The van der Waals surface area contributed by atoms with E-state index in [0.29, 0.717) is 34.6 Å². The first kappa shape index (κ1) is 22.4. The van der Waals surface area contributed by atoms with Crippen molar-refractivity contribution in [2.24, 2.45) is 5.92 Å². The van der Waals surface area contributed by atoms with E-state index in [1.165, 1.54) is 12.3 Å². The zero-order valence-electron chi connectivity index (χ0n) is 18.7. The van der Waals surface area contributed by atoms with Gasteiger partial charge in [0.15, 0.2) is 0 Å². The van der Waals surface area contributed by atoms with Crippen molar-refractivity contribution in [2.75, 3.05) is 11.9 Å². The molecule has 0 bridgehead atoms. The number of nitrogens with one attached hydrogen (secondary N) is 2. The fourth-order valence-corrected chi connectivity index (χ4v) is 3.06. The summed E-state index contributed by atoms with van der Waals surface area (Å²) in [7, 11) is 0. The summed E-state index contributed by atoms with van der Waals surface area (Å²) in [6, 6.07) is 4.26. The summed E-state index contributed by atoms with van der Waals surface area (Å²) in [5, 5.41) is 6.13. The molecule has 2 amide bonds. The van der Waals surface area contributed by atoms with Crippen LogP contribution in [0.3, 0.4) is 0 Å². The van der Waals surface area contributed by atoms with E-state index in [2.05, 4.69) is 20.6 Å². The van der Waals surface area contributed by atoms with Crippen molar-refractivity contribution in [3.05, 3.63) is 53.1 Å². The van der Waals surface area contributed by atoms with Crippen molar-refractivity contribution in [1.82, 2.24) is 19.9 Å². The fourth-order valence-electron chi connectivity index (χ4n) is 3.06. The Kier molecular flexibility index (Phi) is 6.10. The van der Waals surface area contributed by atoms with E-state index in [9.17, 15) is 14.0 Å². The standard InChI is InChI=1S/C23H28FN5O2/c1-13(2)10-25-21(31)17-12-29(23(4,5)6)19-16(17)11-26-22(27-19)28-20(30)15-8-7-14(3)18(24)9-15/h7-9,11-13H,10H2,1-6H3,(H,25,31)(H,26,27,28,30). The topological polar surface area (TPSA) is 88.9 Å². The predicted octanol–water partition coefficient (Wildman–Crippen LogP) is 4.27. The van der Waals surface area contributed by atoms with Gasteiger partial charge in [-0.3, -0.25) is 14.9 Å². The summed E-state index contributed by atoms with van der Waals surface area (Å²) in [6.45, 7) is 12.2. The highest BCUT2D eigenvalue weighted by Crippen LogP contribution is 2.27. The summed E-state index contributed by atoms with van der Waals surface area (Å²) in [5.74, 6) is -0.761. The summed E-state index contributed by atoms with van der Waals surface area (Å²) in [4.78, 5) is 34.0. The van der Waals surface area contributed by atoms with Crippen LogP contribution in [0.2, 0.25) is 0 Å². The Hall–Kier alpha value is -3.29.